The molecule has 0 spiro atoms. The van der Waals surface area contributed by atoms with Crippen LogP contribution in [0, 0.1) is 5.92 Å². The molecule has 29 heavy (non-hydrogen) atoms. The summed E-state index contributed by atoms with van der Waals surface area (Å²) in [4.78, 5) is 47.6. The van der Waals surface area contributed by atoms with E-state index in [1.807, 2.05) is 20.8 Å². The summed E-state index contributed by atoms with van der Waals surface area (Å²) in [6.45, 7) is 5.50. The lowest BCUT2D eigenvalue weighted by atomic mass is 9.86. The van der Waals surface area contributed by atoms with Crippen LogP contribution >= 0.6 is 0 Å². The monoisotopic (exact) mass is 403 g/mol. The highest BCUT2D eigenvalue weighted by Gasteiger charge is 2.22. The molecule has 1 aliphatic carbocycles. The number of fused-ring (bicyclic) bond motifs is 1. The zero-order valence-electron chi connectivity index (χ0n) is 16.8. The number of H-pyrrole nitrogens is 1. The van der Waals surface area contributed by atoms with Gasteiger partial charge in [0.1, 0.15) is 5.39 Å². The number of hydrogen-bond donors (Lipinski definition) is 1. The van der Waals surface area contributed by atoms with E-state index in [0.29, 0.717) is 31.2 Å². The van der Waals surface area contributed by atoms with E-state index in [9.17, 15) is 14.4 Å². The molecular formula is C20H25N3O6. The lowest BCUT2D eigenvalue weighted by Crippen LogP contribution is -2.20. The van der Waals surface area contributed by atoms with Gasteiger partial charge in [0.25, 0.3) is 5.56 Å². The summed E-state index contributed by atoms with van der Waals surface area (Å²) in [5, 5.41) is 4.31. The minimum atomic E-state index is -0.570. The largest absolute Gasteiger partial charge is 0.463 e. The molecule has 9 heteroatoms. The van der Waals surface area contributed by atoms with Crippen molar-refractivity contribution in [1.29, 1.82) is 0 Å². The Hall–Kier alpha value is -2.97. The maximum atomic E-state index is 12.3. The van der Waals surface area contributed by atoms with Gasteiger partial charge in [-0.25, -0.2) is 4.79 Å². The molecule has 9 nitrogen and oxygen atoms in total. The molecule has 2 aromatic rings. The van der Waals surface area contributed by atoms with E-state index >= 15 is 0 Å². The van der Waals surface area contributed by atoms with Crippen molar-refractivity contribution in [3.63, 3.8) is 0 Å². The summed E-state index contributed by atoms with van der Waals surface area (Å²) in [7, 11) is 0. The molecule has 0 saturated heterocycles. The summed E-state index contributed by atoms with van der Waals surface area (Å²) in [6, 6.07) is 1.16. The SMILES string of the molecule is CCc1cc(=O)oc2nc(ON=C3CCC(CC(=O)OC(C)C)CC3)[nH]c(=O)c12. The molecule has 156 valence electrons. The third kappa shape index (κ3) is 5.30. The van der Waals surface area contributed by atoms with Crippen molar-refractivity contribution in [3.8, 4) is 6.01 Å². The van der Waals surface area contributed by atoms with E-state index in [4.69, 9.17) is 14.0 Å². The molecule has 0 aliphatic heterocycles. The lowest BCUT2D eigenvalue weighted by Gasteiger charge is -2.22. The first-order valence-electron chi connectivity index (χ1n) is 9.85. The average molecular weight is 403 g/mol. The van der Waals surface area contributed by atoms with Gasteiger partial charge in [-0.15, -0.1) is 0 Å². The number of ether oxygens (including phenoxy) is 1. The number of nitrogens with zero attached hydrogens (tertiary/aromatic N) is 2. The van der Waals surface area contributed by atoms with Crippen LogP contribution < -0.4 is 16.0 Å². The highest BCUT2D eigenvalue weighted by atomic mass is 16.6. The van der Waals surface area contributed by atoms with Crippen LogP contribution in [-0.2, 0) is 16.0 Å². The highest BCUT2D eigenvalue weighted by molar-refractivity contribution is 5.85. The Balaban J connectivity index is 1.65. The maximum absolute atomic E-state index is 12.3. The number of oxime groups is 1. The lowest BCUT2D eigenvalue weighted by molar-refractivity contribution is -0.148. The molecule has 1 saturated carbocycles. The molecule has 0 bridgehead atoms. The molecule has 1 fully saturated rings. The van der Waals surface area contributed by atoms with Crippen LogP contribution in [0.5, 0.6) is 6.01 Å². The third-order valence-electron chi connectivity index (χ3n) is 4.82. The Labute approximate surface area is 167 Å². The molecule has 2 heterocycles. The summed E-state index contributed by atoms with van der Waals surface area (Å²) in [5.74, 6) is 0.0908. The number of aryl methyl sites for hydroxylation is 1. The summed E-state index contributed by atoms with van der Waals surface area (Å²) < 4.78 is 10.2. The van der Waals surface area contributed by atoms with Crippen LogP contribution in [0.4, 0.5) is 0 Å². The summed E-state index contributed by atoms with van der Waals surface area (Å²) in [6.07, 6.45) is 3.80. The zero-order chi connectivity index (χ0) is 21.0. The molecule has 0 aromatic carbocycles. The number of carbonyl (C=O) groups excluding carboxylic acids is 1. The van der Waals surface area contributed by atoms with E-state index in [0.717, 1.165) is 18.6 Å². The topological polar surface area (TPSA) is 124 Å². The smallest absolute Gasteiger partial charge is 0.337 e. The predicted molar refractivity (Wildman–Crippen MR) is 106 cm³/mol. The van der Waals surface area contributed by atoms with E-state index in [2.05, 4.69) is 15.1 Å². The first kappa shape index (κ1) is 20.8. The number of hydrogen-bond acceptors (Lipinski definition) is 8. The van der Waals surface area contributed by atoms with E-state index in [1.165, 1.54) is 6.07 Å². The fraction of sp³-hybridized carbons (Fsp3) is 0.550. The number of nitrogens with one attached hydrogen (secondary N) is 1. The number of aromatic amines is 1. The van der Waals surface area contributed by atoms with Crippen molar-refractivity contribution in [2.24, 2.45) is 11.1 Å². The van der Waals surface area contributed by atoms with Gasteiger partial charge >= 0.3 is 17.6 Å². The number of carbonyl (C=O) groups is 1. The normalized spacial score (nSPS) is 16.8. The maximum Gasteiger partial charge on any atom is 0.337 e. The fourth-order valence-electron chi connectivity index (χ4n) is 3.41. The second kappa shape index (κ2) is 9.02. The van der Waals surface area contributed by atoms with Gasteiger partial charge < -0.3 is 14.0 Å². The van der Waals surface area contributed by atoms with Crippen LogP contribution in [0.25, 0.3) is 11.1 Å². The minimum Gasteiger partial charge on any atom is -0.463 e. The van der Waals surface area contributed by atoms with Gasteiger partial charge in [0, 0.05) is 12.5 Å². The van der Waals surface area contributed by atoms with Crippen molar-refractivity contribution >= 4 is 22.8 Å². The van der Waals surface area contributed by atoms with Crippen molar-refractivity contribution in [1.82, 2.24) is 9.97 Å². The van der Waals surface area contributed by atoms with Crippen molar-refractivity contribution in [2.45, 2.75) is 65.4 Å². The Kier molecular flexibility index (Phi) is 6.46. The highest BCUT2D eigenvalue weighted by Crippen LogP contribution is 2.26. The first-order valence-corrected chi connectivity index (χ1v) is 9.85. The molecule has 0 radical (unpaired) electrons. The molecule has 0 atom stereocenters. The van der Waals surface area contributed by atoms with Crippen molar-refractivity contribution < 1.29 is 18.8 Å². The number of esters is 1. The van der Waals surface area contributed by atoms with Gasteiger partial charge in [-0.3, -0.25) is 14.6 Å². The van der Waals surface area contributed by atoms with Crippen LogP contribution in [0.1, 0.15) is 58.4 Å². The molecule has 2 aromatic heterocycles. The van der Waals surface area contributed by atoms with Crippen LogP contribution in [0.3, 0.4) is 0 Å². The molecule has 1 N–H and O–H groups in total. The van der Waals surface area contributed by atoms with E-state index in [1.54, 1.807) is 0 Å². The van der Waals surface area contributed by atoms with Gasteiger partial charge in [-0.2, -0.15) is 4.98 Å². The van der Waals surface area contributed by atoms with Gasteiger partial charge in [0.2, 0.25) is 5.71 Å². The molecule has 1 aliphatic rings. The summed E-state index contributed by atoms with van der Waals surface area (Å²) in [5.41, 5.74) is 0.306. The Morgan fingerprint density at radius 2 is 2.07 bits per heavy atom. The van der Waals surface area contributed by atoms with E-state index in [-0.39, 0.29) is 35.1 Å². The van der Waals surface area contributed by atoms with Crippen LogP contribution in [0.15, 0.2) is 25.2 Å². The average Bonchev–Trinajstić information content (AvgIpc) is 2.65. The number of aromatic nitrogens is 2. The zero-order valence-corrected chi connectivity index (χ0v) is 16.8. The minimum absolute atomic E-state index is 0.0688. The molecular weight excluding hydrogens is 378 g/mol. The first-order chi connectivity index (χ1) is 13.9. The van der Waals surface area contributed by atoms with Crippen LogP contribution in [-0.4, -0.2) is 27.8 Å². The Morgan fingerprint density at radius 3 is 2.72 bits per heavy atom. The second-order valence-corrected chi connectivity index (χ2v) is 7.43. The van der Waals surface area contributed by atoms with Gasteiger partial charge in [0.05, 0.1) is 11.8 Å². The van der Waals surface area contributed by atoms with Crippen molar-refractivity contribution in [3.05, 3.63) is 32.4 Å². The van der Waals surface area contributed by atoms with E-state index < -0.39 is 11.2 Å². The third-order valence-corrected chi connectivity index (χ3v) is 4.82. The molecule has 0 amide bonds. The van der Waals surface area contributed by atoms with Gasteiger partial charge in [0.15, 0.2) is 0 Å². The van der Waals surface area contributed by atoms with Crippen LogP contribution in [0.2, 0.25) is 0 Å². The Morgan fingerprint density at radius 1 is 1.34 bits per heavy atom. The second-order valence-electron chi connectivity index (χ2n) is 7.43. The Bertz CT molecular complexity index is 1030. The number of rotatable bonds is 6. The standard InChI is InChI=1S/C20H25N3O6/c1-4-13-10-16(25)28-19-17(13)18(26)21-20(22-19)29-23-14-7-5-12(6-8-14)9-15(24)27-11(2)3/h10-12H,4-9H2,1-3H3,(H,21,22,26). The van der Waals surface area contributed by atoms with Gasteiger partial charge in [-0.1, -0.05) is 12.1 Å². The quantitative estimate of drug-likeness (QED) is 0.581. The fourth-order valence-corrected chi connectivity index (χ4v) is 3.41. The summed E-state index contributed by atoms with van der Waals surface area (Å²) >= 11 is 0. The van der Waals surface area contributed by atoms with Crippen molar-refractivity contribution in [2.75, 3.05) is 0 Å². The van der Waals surface area contributed by atoms with Gasteiger partial charge in [-0.05, 0) is 57.4 Å². The molecule has 3 rings (SSSR count). The molecule has 0 unspecified atom stereocenters. The predicted octanol–water partition coefficient (Wildman–Crippen LogP) is 2.71.